The highest BCUT2D eigenvalue weighted by molar-refractivity contribution is 6.18. The average Bonchev–Trinajstić information content (AvgIpc) is 3.06. The van der Waals surface area contributed by atoms with Gasteiger partial charge in [0.15, 0.2) is 5.69 Å². The zero-order valence-corrected chi connectivity index (χ0v) is 14.9. The van der Waals surface area contributed by atoms with E-state index >= 15 is 0 Å². The quantitative estimate of drug-likeness (QED) is 0.685. The lowest BCUT2D eigenvalue weighted by Gasteiger charge is -2.23. The van der Waals surface area contributed by atoms with Crippen LogP contribution in [0.25, 0.3) is 0 Å². The Labute approximate surface area is 151 Å². The molecule has 1 aliphatic heterocycles. The number of aromatic nitrogens is 3. The number of carbonyl (C=O) groups excluding carboxylic acids is 1. The Balaban J connectivity index is 1.68. The fraction of sp³-hybridized carbons (Fsp3) is 0.471. The second-order valence-corrected chi connectivity index (χ2v) is 6.17. The number of anilines is 1. The van der Waals surface area contributed by atoms with Gasteiger partial charge in [0.1, 0.15) is 6.10 Å². The summed E-state index contributed by atoms with van der Waals surface area (Å²) in [6.07, 6.45) is 3.35. The summed E-state index contributed by atoms with van der Waals surface area (Å²) in [6, 6.07) is 3.68. The van der Waals surface area contributed by atoms with Gasteiger partial charge in [-0.05, 0) is 18.6 Å². The van der Waals surface area contributed by atoms with Gasteiger partial charge in [-0.3, -0.25) is 14.9 Å². The van der Waals surface area contributed by atoms with Gasteiger partial charge in [-0.2, -0.15) is 5.10 Å². The van der Waals surface area contributed by atoms with Crippen LogP contribution in [0.15, 0.2) is 18.3 Å². The standard InChI is InChI=1S/C17H22ClN5O2/c1-2-3-13-12(8-18)16(23-22-13)17(24)21-11-4-5-14(20-9-11)15-10-19-6-7-25-15/h4-5,9,15,19H,2-3,6-8,10H2,1H3,(H,21,24)(H,22,23)/t15-/m1/s1. The van der Waals surface area contributed by atoms with Crippen LogP contribution in [0.5, 0.6) is 0 Å². The van der Waals surface area contributed by atoms with Crippen LogP contribution in [0.2, 0.25) is 0 Å². The van der Waals surface area contributed by atoms with E-state index in [9.17, 15) is 4.79 Å². The average molecular weight is 364 g/mol. The van der Waals surface area contributed by atoms with Crippen LogP contribution in [0.4, 0.5) is 5.69 Å². The van der Waals surface area contributed by atoms with Gasteiger partial charge in [-0.1, -0.05) is 13.3 Å². The van der Waals surface area contributed by atoms with E-state index in [1.54, 1.807) is 6.20 Å². The molecule has 3 rings (SSSR count). The van der Waals surface area contributed by atoms with Gasteiger partial charge in [0, 0.05) is 24.3 Å². The third kappa shape index (κ3) is 4.18. The number of ether oxygens (including phenoxy) is 1. The van der Waals surface area contributed by atoms with E-state index < -0.39 is 0 Å². The molecule has 134 valence electrons. The zero-order chi connectivity index (χ0) is 17.6. The molecule has 1 saturated heterocycles. The largest absolute Gasteiger partial charge is 0.369 e. The molecule has 3 N–H and O–H groups in total. The Hall–Kier alpha value is -1.96. The SMILES string of the molecule is CCCc1[nH]nc(C(=O)Nc2ccc([C@H]3CNCCO3)nc2)c1CCl. The molecule has 1 amide bonds. The molecule has 7 nitrogen and oxygen atoms in total. The lowest BCUT2D eigenvalue weighted by molar-refractivity contribution is 0.0250. The summed E-state index contributed by atoms with van der Waals surface area (Å²) in [6.45, 7) is 4.34. The van der Waals surface area contributed by atoms with Gasteiger partial charge in [-0.15, -0.1) is 11.6 Å². The number of carbonyl (C=O) groups is 1. The molecule has 2 aromatic rings. The van der Waals surface area contributed by atoms with Crippen molar-refractivity contribution in [2.24, 2.45) is 0 Å². The molecule has 8 heteroatoms. The number of rotatable bonds is 6. The second kappa shape index (κ2) is 8.42. The lowest BCUT2D eigenvalue weighted by atomic mass is 10.1. The van der Waals surface area contributed by atoms with Crippen LogP contribution in [-0.2, 0) is 17.0 Å². The molecule has 0 unspecified atom stereocenters. The summed E-state index contributed by atoms with van der Waals surface area (Å²) < 4.78 is 5.67. The van der Waals surface area contributed by atoms with Gasteiger partial charge in [-0.25, -0.2) is 0 Å². The molecular formula is C17H22ClN5O2. The van der Waals surface area contributed by atoms with Crippen LogP contribution >= 0.6 is 11.6 Å². The summed E-state index contributed by atoms with van der Waals surface area (Å²) in [5, 5.41) is 13.1. The van der Waals surface area contributed by atoms with E-state index in [1.807, 2.05) is 12.1 Å². The summed E-state index contributed by atoms with van der Waals surface area (Å²) in [7, 11) is 0. The fourth-order valence-corrected chi connectivity index (χ4v) is 3.09. The summed E-state index contributed by atoms with van der Waals surface area (Å²) in [5.74, 6) is -0.0444. The third-order valence-electron chi connectivity index (χ3n) is 4.10. The van der Waals surface area contributed by atoms with Crippen molar-refractivity contribution in [1.29, 1.82) is 0 Å². The van der Waals surface area contributed by atoms with E-state index in [0.29, 0.717) is 18.0 Å². The van der Waals surface area contributed by atoms with Crippen molar-refractivity contribution in [3.05, 3.63) is 41.0 Å². The molecule has 3 heterocycles. The van der Waals surface area contributed by atoms with Gasteiger partial charge in [0.05, 0.1) is 30.1 Å². The first-order valence-corrected chi connectivity index (χ1v) is 8.98. The molecule has 2 aromatic heterocycles. The molecule has 0 spiro atoms. The minimum Gasteiger partial charge on any atom is -0.369 e. The summed E-state index contributed by atoms with van der Waals surface area (Å²) in [4.78, 5) is 16.9. The Kier molecular flexibility index (Phi) is 6.01. The molecule has 0 saturated carbocycles. The van der Waals surface area contributed by atoms with E-state index in [4.69, 9.17) is 16.3 Å². The minimum absolute atomic E-state index is 0.0516. The maximum absolute atomic E-state index is 12.5. The highest BCUT2D eigenvalue weighted by atomic mass is 35.5. The van der Waals surface area contributed by atoms with Crippen molar-refractivity contribution in [1.82, 2.24) is 20.5 Å². The Morgan fingerprint density at radius 2 is 2.36 bits per heavy atom. The topological polar surface area (TPSA) is 91.9 Å². The lowest BCUT2D eigenvalue weighted by Crippen LogP contribution is -2.33. The molecule has 0 aliphatic carbocycles. The van der Waals surface area contributed by atoms with Crippen molar-refractivity contribution in [2.45, 2.75) is 31.7 Å². The van der Waals surface area contributed by atoms with Crippen molar-refractivity contribution in [3.63, 3.8) is 0 Å². The van der Waals surface area contributed by atoms with Crippen LogP contribution < -0.4 is 10.6 Å². The number of aryl methyl sites for hydroxylation is 1. The Morgan fingerprint density at radius 3 is 3.00 bits per heavy atom. The summed E-state index contributed by atoms with van der Waals surface area (Å²) >= 11 is 6.00. The first kappa shape index (κ1) is 17.8. The number of nitrogens with one attached hydrogen (secondary N) is 3. The number of hydrogen-bond donors (Lipinski definition) is 3. The predicted octanol–water partition coefficient (Wildman–Crippen LogP) is 2.41. The Bertz CT molecular complexity index is 710. The van der Waals surface area contributed by atoms with Gasteiger partial charge in [0.25, 0.3) is 5.91 Å². The van der Waals surface area contributed by atoms with E-state index in [-0.39, 0.29) is 17.9 Å². The normalized spacial score (nSPS) is 17.4. The molecule has 0 radical (unpaired) electrons. The zero-order valence-electron chi connectivity index (χ0n) is 14.1. The van der Waals surface area contributed by atoms with E-state index in [0.717, 1.165) is 42.9 Å². The molecule has 1 aliphatic rings. The highest BCUT2D eigenvalue weighted by Crippen LogP contribution is 2.20. The van der Waals surface area contributed by atoms with Crippen molar-refractivity contribution >= 4 is 23.2 Å². The number of alkyl halides is 1. The summed E-state index contributed by atoms with van der Waals surface area (Å²) in [5.41, 5.74) is 3.46. The molecular weight excluding hydrogens is 342 g/mol. The maximum Gasteiger partial charge on any atom is 0.276 e. The van der Waals surface area contributed by atoms with Crippen LogP contribution in [0.1, 0.15) is 46.9 Å². The number of hydrogen-bond acceptors (Lipinski definition) is 5. The van der Waals surface area contributed by atoms with E-state index in [1.165, 1.54) is 0 Å². The maximum atomic E-state index is 12.5. The second-order valence-electron chi connectivity index (χ2n) is 5.90. The van der Waals surface area contributed by atoms with Crippen LogP contribution in [-0.4, -0.2) is 40.8 Å². The number of nitrogens with zero attached hydrogens (tertiary/aromatic N) is 2. The smallest absolute Gasteiger partial charge is 0.276 e. The number of amides is 1. The number of pyridine rings is 1. The first-order chi connectivity index (χ1) is 12.2. The van der Waals surface area contributed by atoms with Gasteiger partial charge in [0.2, 0.25) is 0 Å². The Morgan fingerprint density at radius 1 is 1.48 bits per heavy atom. The van der Waals surface area contributed by atoms with Crippen molar-refractivity contribution in [3.8, 4) is 0 Å². The number of morpholine rings is 1. The number of H-pyrrole nitrogens is 1. The molecule has 0 aromatic carbocycles. The van der Waals surface area contributed by atoms with Gasteiger partial charge >= 0.3 is 0 Å². The first-order valence-electron chi connectivity index (χ1n) is 8.44. The van der Waals surface area contributed by atoms with Crippen molar-refractivity contribution in [2.75, 3.05) is 25.0 Å². The van der Waals surface area contributed by atoms with Crippen LogP contribution in [0, 0.1) is 0 Å². The molecule has 0 bridgehead atoms. The third-order valence-corrected chi connectivity index (χ3v) is 4.37. The van der Waals surface area contributed by atoms with Crippen molar-refractivity contribution < 1.29 is 9.53 Å². The molecule has 1 atom stereocenters. The van der Waals surface area contributed by atoms with Crippen LogP contribution in [0.3, 0.4) is 0 Å². The monoisotopic (exact) mass is 363 g/mol. The predicted molar refractivity (Wildman–Crippen MR) is 95.9 cm³/mol. The fourth-order valence-electron chi connectivity index (χ4n) is 2.81. The van der Waals surface area contributed by atoms with E-state index in [2.05, 4.69) is 32.7 Å². The molecule has 1 fully saturated rings. The number of halogens is 1. The minimum atomic E-state index is -0.292. The van der Waals surface area contributed by atoms with Gasteiger partial charge < -0.3 is 15.4 Å². The highest BCUT2D eigenvalue weighted by Gasteiger charge is 2.20. The number of aromatic amines is 1. The molecule has 25 heavy (non-hydrogen) atoms.